The molecular formula is C17H23Cl. The van der Waals surface area contributed by atoms with E-state index in [0.29, 0.717) is 5.92 Å². The minimum atomic E-state index is 0.240. The molecule has 0 spiro atoms. The summed E-state index contributed by atoms with van der Waals surface area (Å²) in [5.74, 6) is 3.43. The van der Waals surface area contributed by atoms with Crippen LogP contribution >= 0.6 is 11.6 Å². The summed E-state index contributed by atoms with van der Waals surface area (Å²) in [5, 5.41) is 0.240. The second kappa shape index (κ2) is 4.89. The van der Waals surface area contributed by atoms with E-state index in [1.807, 2.05) is 0 Å². The third-order valence-corrected chi connectivity index (χ3v) is 5.74. The Hall–Kier alpha value is -0.490. The number of rotatable bonds is 4. The van der Waals surface area contributed by atoms with E-state index >= 15 is 0 Å². The van der Waals surface area contributed by atoms with Crippen LogP contribution in [-0.4, -0.2) is 0 Å². The first kappa shape index (κ1) is 12.5. The summed E-state index contributed by atoms with van der Waals surface area (Å²) in [6.07, 6.45) is 5.42. The van der Waals surface area contributed by atoms with E-state index in [9.17, 15) is 0 Å². The summed E-state index contributed by atoms with van der Waals surface area (Å²) in [6, 6.07) is 9.05. The largest absolute Gasteiger partial charge is 0.118 e. The molecule has 1 aromatic carbocycles. The highest BCUT2D eigenvalue weighted by molar-refractivity contribution is 6.21. The highest BCUT2D eigenvalue weighted by Gasteiger charge is 2.47. The van der Waals surface area contributed by atoms with Gasteiger partial charge in [0.05, 0.1) is 5.38 Å². The molecule has 0 amide bonds. The van der Waals surface area contributed by atoms with Crippen LogP contribution in [0.5, 0.6) is 0 Å². The fraction of sp³-hybridized carbons (Fsp3) is 0.647. The van der Waals surface area contributed by atoms with Crippen molar-refractivity contribution < 1.29 is 0 Å². The summed E-state index contributed by atoms with van der Waals surface area (Å²) in [5.41, 5.74) is 2.77. The topological polar surface area (TPSA) is 0 Å². The number of fused-ring (bicyclic) bond motifs is 1. The molecule has 4 atom stereocenters. The van der Waals surface area contributed by atoms with Gasteiger partial charge in [0.2, 0.25) is 0 Å². The van der Waals surface area contributed by atoms with E-state index in [0.717, 1.165) is 17.8 Å². The van der Waals surface area contributed by atoms with Gasteiger partial charge in [-0.05, 0) is 60.5 Å². The van der Waals surface area contributed by atoms with Gasteiger partial charge in [0.1, 0.15) is 0 Å². The van der Waals surface area contributed by atoms with Gasteiger partial charge in [0.25, 0.3) is 0 Å². The van der Waals surface area contributed by atoms with E-state index in [-0.39, 0.29) is 5.38 Å². The molecule has 0 heterocycles. The first-order chi connectivity index (χ1) is 8.69. The minimum absolute atomic E-state index is 0.240. The van der Waals surface area contributed by atoms with Crippen molar-refractivity contribution in [3.05, 3.63) is 35.4 Å². The third-order valence-electron chi connectivity index (χ3n) is 5.13. The molecule has 98 valence electrons. The molecule has 3 rings (SSSR count). The van der Waals surface area contributed by atoms with Crippen LogP contribution in [0.1, 0.15) is 62.0 Å². The monoisotopic (exact) mass is 262 g/mol. The molecule has 0 bridgehead atoms. The maximum atomic E-state index is 6.66. The van der Waals surface area contributed by atoms with E-state index in [1.54, 1.807) is 0 Å². The maximum absolute atomic E-state index is 6.66. The Labute approximate surface area is 116 Å². The molecule has 2 aliphatic carbocycles. The second-order valence-corrected chi connectivity index (χ2v) is 6.84. The van der Waals surface area contributed by atoms with Crippen molar-refractivity contribution in [1.82, 2.24) is 0 Å². The van der Waals surface area contributed by atoms with Crippen LogP contribution in [0.4, 0.5) is 0 Å². The lowest BCUT2D eigenvalue weighted by molar-refractivity contribution is 0.471. The predicted octanol–water partition coefficient (Wildman–Crippen LogP) is 5.53. The number of alkyl halides is 1. The van der Waals surface area contributed by atoms with Gasteiger partial charge in [-0.2, -0.15) is 0 Å². The molecule has 2 saturated carbocycles. The molecule has 0 aliphatic heterocycles. The molecule has 0 radical (unpaired) electrons. The Morgan fingerprint density at radius 3 is 2.17 bits per heavy atom. The van der Waals surface area contributed by atoms with Gasteiger partial charge in [-0.1, -0.05) is 38.1 Å². The van der Waals surface area contributed by atoms with Gasteiger partial charge < -0.3 is 0 Å². The lowest BCUT2D eigenvalue weighted by Gasteiger charge is -2.19. The number of hydrogen-bond acceptors (Lipinski definition) is 0. The van der Waals surface area contributed by atoms with Gasteiger partial charge in [-0.15, -0.1) is 11.6 Å². The molecule has 2 aliphatic rings. The van der Waals surface area contributed by atoms with Crippen LogP contribution in [0, 0.1) is 17.8 Å². The molecule has 18 heavy (non-hydrogen) atoms. The van der Waals surface area contributed by atoms with Gasteiger partial charge in [-0.3, -0.25) is 0 Å². The molecule has 1 heteroatoms. The van der Waals surface area contributed by atoms with Crippen LogP contribution in [0.3, 0.4) is 0 Å². The van der Waals surface area contributed by atoms with Crippen LogP contribution in [-0.2, 0) is 0 Å². The summed E-state index contributed by atoms with van der Waals surface area (Å²) in [7, 11) is 0. The van der Waals surface area contributed by atoms with Gasteiger partial charge >= 0.3 is 0 Å². The highest BCUT2D eigenvalue weighted by Crippen LogP contribution is 2.58. The molecule has 1 aromatic rings. The maximum Gasteiger partial charge on any atom is 0.0613 e. The predicted molar refractivity (Wildman–Crippen MR) is 78.1 cm³/mol. The zero-order chi connectivity index (χ0) is 12.7. The normalized spacial score (nSPS) is 32.9. The van der Waals surface area contributed by atoms with Crippen LogP contribution in [0.25, 0.3) is 0 Å². The van der Waals surface area contributed by atoms with E-state index < -0.39 is 0 Å². The first-order valence-corrected chi connectivity index (χ1v) is 7.86. The fourth-order valence-electron chi connectivity index (χ4n) is 3.52. The average Bonchev–Trinajstić information content (AvgIpc) is 3.03. The summed E-state index contributed by atoms with van der Waals surface area (Å²) in [4.78, 5) is 0. The van der Waals surface area contributed by atoms with Crippen molar-refractivity contribution in [2.75, 3.05) is 0 Å². The first-order valence-electron chi connectivity index (χ1n) is 7.43. The molecule has 0 aromatic heterocycles. The van der Waals surface area contributed by atoms with E-state index in [2.05, 4.69) is 38.1 Å². The summed E-state index contributed by atoms with van der Waals surface area (Å²) >= 11 is 6.66. The number of hydrogen-bond donors (Lipinski definition) is 0. The highest BCUT2D eigenvalue weighted by atomic mass is 35.5. The fourth-order valence-corrected chi connectivity index (χ4v) is 3.87. The van der Waals surface area contributed by atoms with Crippen molar-refractivity contribution in [3.8, 4) is 0 Å². The Bertz CT molecular complexity index is 398. The summed E-state index contributed by atoms with van der Waals surface area (Å²) in [6.45, 7) is 4.53. The molecule has 2 fully saturated rings. The number of benzene rings is 1. The van der Waals surface area contributed by atoms with Crippen LogP contribution in [0.2, 0.25) is 0 Å². The molecule has 0 nitrogen and oxygen atoms in total. The van der Waals surface area contributed by atoms with Crippen molar-refractivity contribution in [2.45, 2.75) is 50.8 Å². The lowest BCUT2D eigenvalue weighted by atomic mass is 9.92. The van der Waals surface area contributed by atoms with Gasteiger partial charge in [0.15, 0.2) is 0 Å². The van der Waals surface area contributed by atoms with Crippen LogP contribution < -0.4 is 0 Å². The number of halogens is 1. The van der Waals surface area contributed by atoms with Crippen LogP contribution in [0.15, 0.2) is 24.3 Å². The Morgan fingerprint density at radius 2 is 1.61 bits per heavy atom. The van der Waals surface area contributed by atoms with Crippen molar-refractivity contribution in [3.63, 3.8) is 0 Å². The Morgan fingerprint density at radius 1 is 1.06 bits per heavy atom. The second-order valence-electron chi connectivity index (χ2n) is 6.37. The quantitative estimate of drug-likeness (QED) is 0.626. The Balaban J connectivity index is 1.68. The zero-order valence-corrected chi connectivity index (χ0v) is 12.2. The molecular weight excluding hydrogens is 240 g/mol. The molecule has 4 unspecified atom stereocenters. The van der Waals surface area contributed by atoms with Crippen molar-refractivity contribution >= 4 is 11.6 Å². The van der Waals surface area contributed by atoms with Gasteiger partial charge in [-0.25, -0.2) is 0 Å². The zero-order valence-electron chi connectivity index (χ0n) is 11.4. The van der Waals surface area contributed by atoms with E-state index in [1.165, 1.54) is 36.8 Å². The van der Waals surface area contributed by atoms with E-state index in [4.69, 9.17) is 11.6 Å². The molecule has 0 N–H and O–H groups in total. The lowest BCUT2D eigenvalue weighted by Crippen LogP contribution is -2.06. The van der Waals surface area contributed by atoms with Crippen molar-refractivity contribution in [2.24, 2.45) is 17.8 Å². The standard InChI is InChI=1S/C17H23Cl/c1-3-11(2)12-4-6-13(7-5-12)17(18)16-9-14-8-15(14)10-16/h4-7,11,14-17H,3,8-10H2,1-2H3. The average molecular weight is 263 g/mol. The summed E-state index contributed by atoms with van der Waals surface area (Å²) < 4.78 is 0. The minimum Gasteiger partial charge on any atom is -0.118 e. The Kier molecular flexibility index (Phi) is 3.40. The van der Waals surface area contributed by atoms with Gasteiger partial charge in [0, 0.05) is 0 Å². The third kappa shape index (κ3) is 2.32. The SMILES string of the molecule is CCC(C)c1ccc(C(Cl)C2CC3CC3C2)cc1. The smallest absolute Gasteiger partial charge is 0.0613 e. The van der Waals surface area contributed by atoms with Crippen molar-refractivity contribution in [1.29, 1.82) is 0 Å². The molecule has 0 saturated heterocycles.